The molecule has 1 heterocycles. The molecule has 1 aromatic carbocycles. The minimum absolute atomic E-state index is 0.0204. The van der Waals surface area contributed by atoms with Gasteiger partial charge in [-0.25, -0.2) is 13.1 Å². The molecule has 1 fully saturated rings. The number of rotatable bonds is 5. The molecule has 1 N–H and O–H groups in total. The van der Waals surface area contributed by atoms with E-state index in [1.54, 1.807) is 17.0 Å². The van der Waals surface area contributed by atoms with Crippen molar-refractivity contribution in [3.8, 4) is 0 Å². The first-order valence-corrected chi connectivity index (χ1v) is 9.35. The van der Waals surface area contributed by atoms with Crippen LogP contribution in [0.3, 0.4) is 0 Å². The van der Waals surface area contributed by atoms with Crippen molar-refractivity contribution in [3.05, 3.63) is 29.8 Å². The molecule has 6 nitrogen and oxygen atoms in total. The fraction of sp³-hybridized carbons (Fsp3) is 0.562. The zero-order chi connectivity index (χ0) is 17.0. The van der Waals surface area contributed by atoms with Crippen LogP contribution in [0.5, 0.6) is 0 Å². The van der Waals surface area contributed by atoms with E-state index in [4.69, 9.17) is 4.74 Å². The van der Waals surface area contributed by atoms with Crippen LogP contribution in [-0.4, -0.2) is 51.1 Å². The Kier molecular flexibility index (Phi) is 5.78. The molecule has 0 bridgehead atoms. The number of hydrogen-bond acceptors (Lipinski definition) is 4. The van der Waals surface area contributed by atoms with Gasteiger partial charge in [0.2, 0.25) is 10.0 Å². The maximum atomic E-state index is 12.4. The van der Waals surface area contributed by atoms with E-state index in [1.807, 2.05) is 20.8 Å². The van der Waals surface area contributed by atoms with Crippen molar-refractivity contribution in [1.29, 1.82) is 0 Å². The van der Waals surface area contributed by atoms with Gasteiger partial charge in [-0.05, 0) is 44.5 Å². The molecule has 0 aliphatic carbocycles. The predicted molar refractivity (Wildman–Crippen MR) is 87.8 cm³/mol. The Labute approximate surface area is 137 Å². The molecular weight excluding hydrogens is 316 g/mol. The molecule has 2 atom stereocenters. The van der Waals surface area contributed by atoms with E-state index in [-0.39, 0.29) is 22.9 Å². The second kappa shape index (κ2) is 7.42. The number of carbonyl (C=O) groups is 1. The van der Waals surface area contributed by atoms with Gasteiger partial charge in [0.15, 0.2) is 0 Å². The lowest BCUT2D eigenvalue weighted by molar-refractivity contribution is -0.0124. The van der Waals surface area contributed by atoms with Crippen molar-refractivity contribution in [2.45, 2.75) is 44.2 Å². The summed E-state index contributed by atoms with van der Waals surface area (Å²) >= 11 is 0. The molecule has 1 aromatic rings. The van der Waals surface area contributed by atoms with Crippen LogP contribution in [0.2, 0.25) is 0 Å². The molecule has 1 amide bonds. The van der Waals surface area contributed by atoms with Gasteiger partial charge in [0.25, 0.3) is 5.91 Å². The van der Waals surface area contributed by atoms with Gasteiger partial charge in [0.1, 0.15) is 0 Å². The van der Waals surface area contributed by atoms with E-state index >= 15 is 0 Å². The zero-order valence-corrected chi connectivity index (χ0v) is 14.6. The first-order valence-electron chi connectivity index (χ1n) is 7.86. The van der Waals surface area contributed by atoms with Crippen LogP contribution in [0, 0.1) is 0 Å². The van der Waals surface area contributed by atoms with E-state index in [0.29, 0.717) is 31.7 Å². The molecule has 1 saturated heterocycles. The van der Waals surface area contributed by atoms with Crippen molar-refractivity contribution in [1.82, 2.24) is 9.62 Å². The normalized spacial score (nSPS) is 20.3. The molecule has 2 rings (SSSR count). The van der Waals surface area contributed by atoms with Crippen LogP contribution in [0.25, 0.3) is 0 Å². The van der Waals surface area contributed by atoms with Crippen LogP contribution < -0.4 is 4.72 Å². The maximum absolute atomic E-state index is 12.4. The fourth-order valence-corrected chi connectivity index (χ4v) is 3.71. The number of nitrogens with one attached hydrogen (secondary N) is 1. The number of hydrogen-bond donors (Lipinski definition) is 1. The third-order valence-electron chi connectivity index (χ3n) is 3.91. The smallest absolute Gasteiger partial charge is 0.254 e. The number of morpholine rings is 1. The molecule has 7 heteroatoms. The quantitative estimate of drug-likeness (QED) is 0.884. The average Bonchev–Trinajstić information content (AvgIpc) is 2.53. The van der Waals surface area contributed by atoms with Gasteiger partial charge >= 0.3 is 0 Å². The Morgan fingerprint density at radius 3 is 2.61 bits per heavy atom. The van der Waals surface area contributed by atoms with Gasteiger partial charge in [-0.3, -0.25) is 4.79 Å². The standard InChI is InChI=1S/C16H24N2O4S/c1-4-12(2)17-23(20,21)15-7-5-14(6-8-15)16(19)18-9-10-22-13(3)11-18/h5-8,12-13,17H,4,9-11H2,1-3H3. The molecule has 1 aliphatic heterocycles. The summed E-state index contributed by atoms with van der Waals surface area (Å²) in [6.07, 6.45) is 0.734. The highest BCUT2D eigenvalue weighted by Crippen LogP contribution is 2.15. The minimum Gasteiger partial charge on any atom is -0.375 e. The summed E-state index contributed by atoms with van der Waals surface area (Å²) in [7, 11) is -3.54. The monoisotopic (exact) mass is 340 g/mol. The molecule has 0 spiro atoms. The molecule has 1 aliphatic rings. The fourth-order valence-electron chi connectivity index (χ4n) is 2.38. The van der Waals surface area contributed by atoms with Gasteiger partial charge in [0, 0.05) is 24.7 Å². The van der Waals surface area contributed by atoms with E-state index in [1.165, 1.54) is 12.1 Å². The molecular formula is C16H24N2O4S. The average molecular weight is 340 g/mol. The molecule has 128 valence electrons. The van der Waals surface area contributed by atoms with Gasteiger partial charge in [-0.1, -0.05) is 6.92 Å². The lowest BCUT2D eigenvalue weighted by Crippen LogP contribution is -2.44. The van der Waals surface area contributed by atoms with Crippen molar-refractivity contribution >= 4 is 15.9 Å². The summed E-state index contributed by atoms with van der Waals surface area (Å²) in [5.41, 5.74) is 0.488. The Balaban J connectivity index is 2.11. The second-order valence-corrected chi connectivity index (χ2v) is 7.60. The molecule has 0 saturated carbocycles. The first kappa shape index (κ1) is 17.9. The van der Waals surface area contributed by atoms with Crippen LogP contribution >= 0.6 is 0 Å². The van der Waals surface area contributed by atoms with E-state index in [2.05, 4.69) is 4.72 Å². The highest BCUT2D eigenvalue weighted by molar-refractivity contribution is 7.89. The van der Waals surface area contributed by atoms with E-state index in [9.17, 15) is 13.2 Å². The van der Waals surface area contributed by atoms with Crippen molar-refractivity contribution in [2.24, 2.45) is 0 Å². The number of amides is 1. The van der Waals surface area contributed by atoms with E-state index in [0.717, 1.165) is 0 Å². The summed E-state index contributed by atoms with van der Waals surface area (Å²) < 4.78 is 32.4. The van der Waals surface area contributed by atoms with Gasteiger partial charge < -0.3 is 9.64 Å². The summed E-state index contributed by atoms with van der Waals surface area (Å²) in [6.45, 7) is 7.29. The number of ether oxygens (including phenoxy) is 1. The Morgan fingerprint density at radius 1 is 1.39 bits per heavy atom. The minimum atomic E-state index is -3.54. The second-order valence-electron chi connectivity index (χ2n) is 5.89. The Hall–Kier alpha value is -1.44. The Bertz CT molecular complexity index is 643. The third-order valence-corrected chi connectivity index (χ3v) is 5.51. The molecule has 0 aromatic heterocycles. The number of benzene rings is 1. The largest absolute Gasteiger partial charge is 0.375 e. The lowest BCUT2D eigenvalue weighted by atomic mass is 10.2. The summed E-state index contributed by atoms with van der Waals surface area (Å²) in [5, 5.41) is 0. The van der Waals surface area contributed by atoms with Gasteiger partial charge in [-0.15, -0.1) is 0 Å². The van der Waals surface area contributed by atoms with Crippen LogP contribution in [-0.2, 0) is 14.8 Å². The summed E-state index contributed by atoms with van der Waals surface area (Å²) in [4.78, 5) is 14.3. The zero-order valence-electron chi connectivity index (χ0n) is 13.8. The van der Waals surface area contributed by atoms with Crippen molar-refractivity contribution in [3.63, 3.8) is 0 Å². The van der Waals surface area contributed by atoms with Crippen molar-refractivity contribution in [2.75, 3.05) is 19.7 Å². The maximum Gasteiger partial charge on any atom is 0.254 e. The summed E-state index contributed by atoms with van der Waals surface area (Å²) in [5.74, 6) is -0.0982. The topological polar surface area (TPSA) is 75.7 Å². The van der Waals surface area contributed by atoms with Gasteiger partial charge in [-0.2, -0.15) is 0 Å². The first-order chi connectivity index (χ1) is 10.8. The van der Waals surface area contributed by atoms with Crippen molar-refractivity contribution < 1.29 is 17.9 Å². The predicted octanol–water partition coefficient (Wildman–Crippen LogP) is 1.62. The third kappa shape index (κ3) is 4.53. The van der Waals surface area contributed by atoms with Crippen LogP contribution in [0.4, 0.5) is 0 Å². The highest BCUT2D eigenvalue weighted by atomic mass is 32.2. The Morgan fingerprint density at radius 2 is 2.04 bits per heavy atom. The number of carbonyl (C=O) groups excluding carboxylic acids is 1. The number of nitrogens with zero attached hydrogens (tertiary/aromatic N) is 1. The van der Waals surface area contributed by atoms with Gasteiger partial charge in [0.05, 0.1) is 17.6 Å². The SMILES string of the molecule is CCC(C)NS(=O)(=O)c1ccc(C(=O)N2CCOC(C)C2)cc1. The summed E-state index contributed by atoms with van der Waals surface area (Å²) in [6, 6.07) is 5.95. The molecule has 2 unspecified atom stereocenters. The van der Waals surface area contributed by atoms with E-state index < -0.39 is 10.0 Å². The van der Waals surface area contributed by atoms with Crippen LogP contribution in [0.15, 0.2) is 29.2 Å². The lowest BCUT2D eigenvalue weighted by Gasteiger charge is -2.31. The molecule has 0 radical (unpaired) electrons. The molecule has 23 heavy (non-hydrogen) atoms. The van der Waals surface area contributed by atoms with Crippen LogP contribution in [0.1, 0.15) is 37.6 Å². The number of sulfonamides is 1. The highest BCUT2D eigenvalue weighted by Gasteiger charge is 2.23.